The van der Waals surface area contributed by atoms with Crippen LogP contribution in [0.25, 0.3) is 10.1 Å². The Labute approximate surface area is 173 Å². The molecule has 0 aliphatic carbocycles. The molecule has 0 atom stereocenters. The van der Waals surface area contributed by atoms with E-state index < -0.39 is 9.84 Å². The highest BCUT2D eigenvalue weighted by atomic mass is 32.2. The van der Waals surface area contributed by atoms with Gasteiger partial charge in [-0.1, -0.05) is 29.8 Å². The lowest BCUT2D eigenvalue weighted by molar-refractivity contribution is 0.0955. The standard InChI is InChI=1S/C22H18N2O3S2/c1-15-2-6-18(7-3-15)29(26,27)19-8-4-16(5-9-19)13-24-22(25)20-12-17-10-11-23-14-21(17)28-20/h2-12,14H,13H2,1H3,(H,24,25). The summed E-state index contributed by atoms with van der Waals surface area (Å²) in [6.45, 7) is 2.23. The molecule has 2 aromatic heterocycles. The van der Waals surface area contributed by atoms with Crippen molar-refractivity contribution in [3.8, 4) is 0 Å². The fourth-order valence-corrected chi connectivity index (χ4v) is 5.11. The molecule has 0 unspecified atom stereocenters. The monoisotopic (exact) mass is 422 g/mol. The molecule has 146 valence electrons. The number of amides is 1. The fraction of sp³-hybridized carbons (Fsp3) is 0.0909. The topological polar surface area (TPSA) is 76.1 Å². The molecule has 0 fully saturated rings. The van der Waals surface area contributed by atoms with Crippen LogP contribution in [0, 0.1) is 6.92 Å². The molecule has 0 saturated heterocycles. The van der Waals surface area contributed by atoms with Gasteiger partial charge in [-0.3, -0.25) is 9.78 Å². The fourth-order valence-electron chi connectivity index (χ4n) is 2.91. The van der Waals surface area contributed by atoms with Gasteiger partial charge in [0.25, 0.3) is 5.91 Å². The summed E-state index contributed by atoms with van der Waals surface area (Å²) in [6.07, 6.45) is 3.44. The van der Waals surface area contributed by atoms with Gasteiger partial charge in [0.1, 0.15) is 0 Å². The number of carbonyl (C=O) groups excluding carboxylic acids is 1. The number of nitrogens with zero attached hydrogens (tertiary/aromatic N) is 1. The number of aromatic nitrogens is 1. The molecule has 0 aliphatic heterocycles. The van der Waals surface area contributed by atoms with E-state index in [1.807, 2.05) is 19.1 Å². The largest absolute Gasteiger partial charge is 0.347 e. The van der Waals surface area contributed by atoms with E-state index in [2.05, 4.69) is 10.3 Å². The van der Waals surface area contributed by atoms with E-state index in [0.717, 1.165) is 21.2 Å². The van der Waals surface area contributed by atoms with Crippen molar-refractivity contribution in [1.29, 1.82) is 0 Å². The smallest absolute Gasteiger partial charge is 0.261 e. The second-order valence-electron chi connectivity index (χ2n) is 6.67. The Balaban J connectivity index is 1.45. The van der Waals surface area contributed by atoms with Gasteiger partial charge in [-0.2, -0.15) is 0 Å². The van der Waals surface area contributed by atoms with Crippen molar-refractivity contribution < 1.29 is 13.2 Å². The van der Waals surface area contributed by atoms with Gasteiger partial charge in [0.15, 0.2) is 0 Å². The van der Waals surface area contributed by atoms with Crippen LogP contribution in [-0.2, 0) is 16.4 Å². The van der Waals surface area contributed by atoms with E-state index in [1.165, 1.54) is 11.3 Å². The molecule has 0 bridgehead atoms. The predicted octanol–water partition coefficient (Wildman–Crippen LogP) is 4.37. The first-order valence-corrected chi connectivity index (χ1v) is 11.3. The zero-order valence-corrected chi connectivity index (χ0v) is 17.3. The van der Waals surface area contributed by atoms with Crippen molar-refractivity contribution >= 4 is 37.2 Å². The number of benzene rings is 2. The minimum Gasteiger partial charge on any atom is -0.347 e. The number of pyridine rings is 1. The predicted molar refractivity (Wildman–Crippen MR) is 114 cm³/mol. The average Bonchev–Trinajstić information content (AvgIpc) is 3.17. The first-order valence-electron chi connectivity index (χ1n) is 8.96. The Morgan fingerprint density at radius 3 is 2.31 bits per heavy atom. The van der Waals surface area contributed by atoms with Gasteiger partial charge in [0.05, 0.1) is 19.4 Å². The van der Waals surface area contributed by atoms with Crippen LogP contribution in [0.4, 0.5) is 0 Å². The van der Waals surface area contributed by atoms with Crippen molar-refractivity contribution in [3.63, 3.8) is 0 Å². The van der Waals surface area contributed by atoms with Crippen molar-refractivity contribution in [2.75, 3.05) is 0 Å². The zero-order valence-electron chi connectivity index (χ0n) is 15.6. The first kappa shape index (κ1) is 19.3. The number of hydrogen-bond acceptors (Lipinski definition) is 5. The zero-order chi connectivity index (χ0) is 20.4. The maximum absolute atomic E-state index is 12.7. The van der Waals surface area contributed by atoms with Crippen LogP contribution in [0.1, 0.15) is 20.8 Å². The Hall–Kier alpha value is -3.03. The molecule has 5 nitrogen and oxygen atoms in total. The molecule has 7 heteroatoms. The van der Waals surface area contributed by atoms with Crippen LogP contribution in [-0.4, -0.2) is 19.3 Å². The number of hydrogen-bond donors (Lipinski definition) is 1. The number of nitrogens with one attached hydrogen (secondary N) is 1. The van der Waals surface area contributed by atoms with Crippen molar-refractivity contribution in [3.05, 3.63) is 89.1 Å². The van der Waals surface area contributed by atoms with Crippen LogP contribution < -0.4 is 5.32 Å². The van der Waals surface area contributed by atoms with Crippen LogP contribution in [0.2, 0.25) is 0 Å². The highest BCUT2D eigenvalue weighted by molar-refractivity contribution is 7.91. The Kier molecular flexibility index (Phi) is 5.17. The molecule has 0 saturated carbocycles. The second-order valence-corrected chi connectivity index (χ2v) is 9.70. The number of rotatable bonds is 5. The maximum Gasteiger partial charge on any atom is 0.261 e. The van der Waals surface area contributed by atoms with Crippen LogP contribution >= 0.6 is 11.3 Å². The Morgan fingerprint density at radius 1 is 1.00 bits per heavy atom. The van der Waals surface area contributed by atoms with E-state index in [9.17, 15) is 13.2 Å². The molecule has 0 aliphatic rings. The molecule has 4 aromatic rings. The van der Waals surface area contributed by atoms with E-state index in [4.69, 9.17) is 0 Å². The van der Waals surface area contributed by atoms with Gasteiger partial charge < -0.3 is 5.32 Å². The number of fused-ring (bicyclic) bond motifs is 1. The molecule has 0 spiro atoms. The van der Waals surface area contributed by atoms with Gasteiger partial charge in [-0.15, -0.1) is 11.3 Å². The number of aryl methyl sites for hydroxylation is 1. The summed E-state index contributed by atoms with van der Waals surface area (Å²) >= 11 is 1.39. The number of sulfone groups is 1. The third-order valence-electron chi connectivity index (χ3n) is 4.56. The lowest BCUT2D eigenvalue weighted by Gasteiger charge is -2.07. The normalized spacial score (nSPS) is 11.5. The van der Waals surface area contributed by atoms with Crippen LogP contribution in [0.5, 0.6) is 0 Å². The third kappa shape index (κ3) is 4.06. The highest BCUT2D eigenvalue weighted by Gasteiger charge is 2.17. The van der Waals surface area contributed by atoms with Crippen LogP contribution in [0.15, 0.2) is 82.8 Å². The highest BCUT2D eigenvalue weighted by Crippen LogP contribution is 2.25. The molecule has 0 radical (unpaired) electrons. The molecule has 2 aromatic carbocycles. The van der Waals surface area contributed by atoms with E-state index >= 15 is 0 Å². The van der Waals surface area contributed by atoms with Gasteiger partial charge in [0, 0.05) is 18.9 Å². The van der Waals surface area contributed by atoms with Gasteiger partial charge in [-0.05, 0) is 54.3 Å². The van der Waals surface area contributed by atoms with Crippen molar-refractivity contribution in [1.82, 2.24) is 10.3 Å². The number of carbonyl (C=O) groups is 1. The summed E-state index contributed by atoms with van der Waals surface area (Å²) in [6, 6.07) is 17.1. The lowest BCUT2D eigenvalue weighted by atomic mass is 10.2. The molecule has 2 heterocycles. The van der Waals surface area contributed by atoms with E-state index in [-0.39, 0.29) is 15.7 Å². The molecule has 1 amide bonds. The Morgan fingerprint density at radius 2 is 1.66 bits per heavy atom. The summed E-state index contributed by atoms with van der Waals surface area (Å²) in [4.78, 5) is 17.6. The molecular weight excluding hydrogens is 404 g/mol. The second kappa shape index (κ2) is 7.77. The quantitative estimate of drug-likeness (QED) is 0.518. The van der Waals surface area contributed by atoms with Gasteiger partial charge in [-0.25, -0.2) is 8.42 Å². The summed E-state index contributed by atoms with van der Waals surface area (Å²) in [5.41, 5.74) is 1.83. The van der Waals surface area contributed by atoms with Crippen LogP contribution in [0.3, 0.4) is 0 Å². The lowest BCUT2D eigenvalue weighted by Crippen LogP contribution is -2.21. The SMILES string of the molecule is Cc1ccc(S(=O)(=O)c2ccc(CNC(=O)c3cc4ccncc4s3)cc2)cc1. The molecule has 1 N–H and O–H groups in total. The summed E-state index contributed by atoms with van der Waals surface area (Å²) < 4.78 is 26.4. The molecule has 29 heavy (non-hydrogen) atoms. The molecular formula is C22H18N2O3S2. The number of thiophene rings is 1. The minimum absolute atomic E-state index is 0.164. The average molecular weight is 423 g/mol. The summed E-state index contributed by atoms with van der Waals surface area (Å²) in [5, 5.41) is 3.86. The van der Waals surface area contributed by atoms with Crippen molar-refractivity contribution in [2.24, 2.45) is 0 Å². The minimum atomic E-state index is -3.55. The summed E-state index contributed by atoms with van der Waals surface area (Å²) in [7, 11) is -3.55. The first-order chi connectivity index (χ1) is 13.9. The maximum atomic E-state index is 12.7. The van der Waals surface area contributed by atoms with E-state index in [0.29, 0.717) is 11.4 Å². The van der Waals surface area contributed by atoms with Crippen molar-refractivity contribution in [2.45, 2.75) is 23.3 Å². The van der Waals surface area contributed by atoms with E-state index in [1.54, 1.807) is 60.9 Å². The third-order valence-corrected chi connectivity index (χ3v) is 7.43. The molecule has 4 rings (SSSR count). The summed E-state index contributed by atoms with van der Waals surface area (Å²) in [5.74, 6) is -0.164. The Bertz CT molecular complexity index is 1240. The van der Waals surface area contributed by atoms with Gasteiger partial charge in [0.2, 0.25) is 9.84 Å². The van der Waals surface area contributed by atoms with Gasteiger partial charge >= 0.3 is 0 Å².